The second-order valence-corrected chi connectivity index (χ2v) is 8.99. The second-order valence-electron chi connectivity index (χ2n) is 8.58. The van der Waals surface area contributed by atoms with Crippen molar-refractivity contribution in [3.8, 4) is 5.75 Å². The van der Waals surface area contributed by atoms with E-state index in [1.807, 2.05) is 57.2 Å². The molecule has 0 saturated heterocycles. The molecule has 2 aromatic rings. The van der Waals surface area contributed by atoms with Gasteiger partial charge in [0.15, 0.2) is 6.61 Å². The van der Waals surface area contributed by atoms with Gasteiger partial charge in [0.2, 0.25) is 5.91 Å². The minimum absolute atomic E-state index is 0.105. The van der Waals surface area contributed by atoms with Crippen LogP contribution in [0.5, 0.6) is 5.75 Å². The molecule has 172 valence electrons. The summed E-state index contributed by atoms with van der Waals surface area (Å²) in [5.41, 5.74) is 2.83. The van der Waals surface area contributed by atoms with Gasteiger partial charge in [-0.2, -0.15) is 0 Å². The zero-order valence-electron chi connectivity index (χ0n) is 19.2. The number of nitrogens with one attached hydrogen (secondary N) is 1. The van der Waals surface area contributed by atoms with E-state index in [2.05, 4.69) is 5.32 Å². The number of carbonyl (C=O) groups is 2. The first-order valence-electron chi connectivity index (χ1n) is 11.4. The number of halogens is 1. The molecule has 1 atom stereocenters. The van der Waals surface area contributed by atoms with Gasteiger partial charge in [-0.15, -0.1) is 0 Å². The van der Waals surface area contributed by atoms with Crippen molar-refractivity contribution in [2.75, 3.05) is 6.61 Å². The number of aryl methyl sites for hydroxylation is 2. The zero-order valence-corrected chi connectivity index (χ0v) is 20.0. The van der Waals surface area contributed by atoms with Gasteiger partial charge >= 0.3 is 0 Å². The number of nitrogens with zero attached hydrogens (tertiary/aromatic N) is 1. The van der Waals surface area contributed by atoms with E-state index in [4.69, 9.17) is 16.3 Å². The molecule has 0 aromatic heterocycles. The van der Waals surface area contributed by atoms with Crippen LogP contribution in [0, 0.1) is 13.8 Å². The topological polar surface area (TPSA) is 58.6 Å². The molecule has 3 rings (SSSR count). The number of carbonyl (C=O) groups excluding carboxylic acids is 2. The van der Waals surface area contributed by atoms with Crippen molar-refractivity contribution in [2.24, 2.45) is 0 Å². The van der Waals surface area contributed by atoms with Crippen molar-refractivity contribution in [1.29, 1.82) is 0 Å². The van der Waals surface area contributed by atoms with Gasteiger partial charge in [-0.05, 0) is 61.9 Å². The van der Waals surface area contributed by atoms with Gasteiger partial charge in [-0.1, -0.05) is 61.7 Å². The fraction of sp³-hybridized carbons (Fsp3) is 0.462. The molecule has 1 unspecified atom stereocenters. The number of benzene rings is 2. The molecule has 0 aliphatic heterocycles. The SMILES string of the molecule is CCC(C(=O)NC1CCCC1)N(Cc1ccccc1Cl)C(=O)COc1cc(C)ccc1C. The highest BCUT2D eigenvalue weighted by Crippen LogP contribution is 2.23. The molecule has 2 aromatic carbocycles. The predicted molar refractivity (Wildman–Crippen MR) is 128 cm³/mol. The van der Waals surface area contributed by atoms with Crippen molar-refractivity contribution in [1.82, 2.24) is 10.2 Å². The minimum atomic E-state index is -0.582. The Morgan fingerprint density at radius 1 is 1.16 bits per heavy atom. The first kappa shape index (κ1) is 24.1. The summed E-state index contributed by atoms with van der Waals surface area (Å²) in [5, 5.41) is 3.73. The molecule has 0 radical (unpaired) electrons. The Morgan fingerprint density at radius 2 is 1.88 bits per heavy atom. The van der Waals surface area contributed by atoms with Gasteiger partial charge < -0.3 is 15.0 Å². The third-order valence-electron chi connectivity index (χ3n) is 6.08. The lowest BCUT2D eigenvalue weighted by molar-refractivity contribution is -0.143. The summed E-state index contributed by atoms with van der Waals surface area (Å²) in [6.45, 7) is 5.98. The number of ether oxygens (including phenoxy) is 1. The monoisotopic (exact) mass is 456 g/mol. The Morgan fingerprint density at radius 3 is 2.56 bits per heavy atom. The van der Waals surface area contributed by atoms with Crippen LogP contribution in [0.15, 0.2) is 42.5 Å². The van der Waals surface area contributed by atoms with Crippen LogP contribution in [-0.4, -0.2) is 35.4 Å². The lowest BCUT2D eigenvalue weighted by Crippen LogP contribution is -2.52. The highest BCUT2D eigenvalue weighted by molar-refractivity contribution is 6.31. The minimum Gasteiger partial charge on any atom is -0.483 e. The molecular weight excluding hydrogens is 424 g/mol. The van der Waals surface area contributed by atoms with Crippen molar-refractivity contribution in [3.05, 3.63) is 64.2 Å². The van der Waals surface area contributed by atoms with Crippen LogP contribution >= 0.6 is 11.6 Å². The van der Waals surface area contributed by atoms with Crippen LogP contribution in [0.2, 0.25) is 5.02 Å². The van der Waals surface area contributed by atoms with E-state index >= 15 is 0 Å². The predicted octanol–water partition coefficient (Wildman–Crippen LogP) is 5.20. The Bertz CT molecular complexity index is 940. The average molecular weight is 457 g/mol. The number of hydrogen-bond acceptors (Lipinski definition) is 3. The van der Waals surface area contributed by atoms with Crippen LogP contribution in [0.4, 0.5) is 0 Å². The largest absolute Gasteiger partial charge is 0.483 e. The fourth-order valence-electron chi connectivity index (χ4n) is 4.18. The summed E-state index contributed by atoms with van der Waals surface area (Å²) >= 11 is 6.38. The van der Waals surface area contributed by atoms with Gasteiger partial charge in [-0.25, -0.2) is 0 Å². The number of hydrogen-bond donors (Lipinski definition) is 1. The van der Waals surface area contributed by atoms with Crippen LogP contribution in [0.1, 0.15) is 55.7 Å². The summed E-state index contributed by atoms with van der Waals surface area (Å²) in [6, 6.07) is 12.9. The third kappa shape index (κ3) is 6.26. The van der Waals surface area contributed by atoms with Crippen LogP contribution < -0.4 is 10.1 Å². The normalized spacial score (nSPS) is 14.8. The molecule has 1 aliphatic rings. The summed E-state index contributed by atoms with van der Waals surface area (Å²) < 4.78 is 5.88. The van der Waals surface area contributed by atoms with Crippen molar-refractivity contribution < 1.29 is 14.3 Å². The first-order chi connectivity index (χ1) is 15.4. The van der Waals surface area contributed by atoms with Gasteiger partial charge in [0.05, 0.1) is 0 Å². The molecule has 32 heavy (non-hydrogen) atoms. The van der Waals surface area contributed by atoms with Crippen LogP contribution in [-0.2, 0) is 16.1 Å². The quantitative estimate of drug-likeness (QED) is 0.564. The molecule has 6 heteroatoms. The molecule has 0 spiro atoms. The molecule has 1 saturated carbocycles. The van der Waals surface area contributed by atoms with Crippen molar-refractivity contribution in [3.63, 3.8) is 0 Å². The van der Waals surface area contributed by atoms with Crippen molar-refractivity contribution in [2.45, 2.75) is 71.5 Å². The van der Waals surface area contributed by atoms with Gasteiger partial charge in [-0.3, -0.25) is 9.59 Å². The molecule has 2 amide bonds. The Kier molecular flexibility index (Phi) is 8.57. The Hall–Kier alpha value is -2.53. The Balaban J connectivity index is 1.79. The van der Waals surface area contributed by atoms with Gasteiger partial charge in [0.1, 0.15) is 11.8 Å². The molecule has 5 nitrogen and oxygen atoms in total. The third-order valence-corrected chi connectivity index (χ3v) is 6.45. The maximum absolute atomic E-state index is 13.3. The lowest BCUT2D eigenvalue weighted by atomic mass is 10.1. The van der Waals surface area contributed by atoms with Crippen LogP contribution in [0.25, 0.3) is 0 Å². The standard InChI is InChI=1S/C26H33ClN2O3/c1-4-23(26(31)28-21-10-6-7-11-21)29(16-20-9-5-8-12-22(20)27)25(30)17-32-24-15-18(2)13-14-19(24)3/h5,8-9,12-15,21,23H,4,6-7,10-11,16-17H2,1-3H3,(H,28,31). The van der Waals surface area contributed by atoms with E-state index in [1.54, 1.807) is 11.0 Å². The zero-order chi connectivity index (χ0) is 23.1. The highest BCUT2D eigenvalue weighted by Gasteiger charge is 2.31. The fourth-order valence-corrected chi connectivity index (χ4v) is 4.38. The smallest absolute Gasteiger partial charge is 0.261 e. The van der Waals surface area contributed by atoms with E-state index in [-0.39, 0.29) is 31.0 Å². The van der Waals surface area contributed by atoms with Gasteiger partial charge in [0.25, 0.3) is 5.91 Å². The van der Waals surface area contributed by atoms with E-state index in [0.29, 0.717) is 17.2 Å². The summed E-state index contributed by atoms with van der Waals surface area (Å²) in [7, 11) is 0. The van der Waals surface area contributed by atoms with E-state index in [0.717, 1.165) is 42.4 Å². The maximum atomic E-state index is 13.3. The summed E-state index contributed by atoms with van der Waals surface area (Å²) in [5.74, 6) is 0.338. The molecular formula is C26H33ClN2O3. The average Bonchev–Trinajstić information content (AvgIpc) is 3.28. The number of rotatable bonds is 9. The van der Waals surface area contributed by atoms with Crippen molar-refractivity contribution >= 4 is 23.4 Å². The maximum Gasteiger partial charge on any atom is 0.261 e. The van der Waals surface area contributed by atoms with E-state index < -0.39 is 6.04 Å². The molecule has 1 N–H and O–H groups in total. The molecule has 1 fully saturated rings. The molecule has 1 aliphatic carbocycles. The first-order valence-corrected chi connectivity index (χ1v) is 11.8. The Labute approximate surface area is 196 Å². The van der Waals surface area contributed by atoms with E-state index in [1.165, 1.54) is 0 Å². The summed E-state index contributed by atoms with van der Waals surface area (Å²) in [4.78, 5) is 28.1. The van der Waals surface area contributed by atoms with E-state index in [9.17, 15) is 9.59 Å². The highest BCUT2D eigenvalue weighted by atomic mass is 35.5. The molecule has 0 heterocycles. The molecule has 0 bridgehead atoms. The second kappa shape index (κ2) is 11.4. The van der Waals surface area contributed by atoms with Crippen LogP contribution in [0.3, 0.4) is 0 Å². The van der Waals surface area contributed by atoms with Gasteiger partial charge in [0, 0.05) is 17.6 Å². The summed E-state index contributed by atoms with van der Waals surface area (Å²) in [6.07, 6.45) is 4.77. The lowest BCUT2D eigenvalue weighted by Gasteiger charge is -2.31. The number of amides is 2.